The number of hydrazine groups is 1. The van der Waals surface area contributed by atoms with Gasteiger partial charge < -0.3 is 19.3 Å². The second-order valence-corrected chi connectivity index (χ2v) is 11.2. The predicted molar refractivity (Wildman–Crippen MR) is 179 cm³/mol. The second kappa shape index (κ2) is 15.8. The van der Waals surface area contributed by atoms with E-state index in [-0.39, 0.29) is 19.6 Å². The van der Waals surface area contributed by atoms with Crippen LogP contribution in [-0.4, -0.2) is 42.8 Å². The first-order valence-corrected chi connectivity index (χ1v) is 15.4. The summed E-state index contributed by atoms with van der Waals surface area (Å²) in [5.74, 6) is 1.15. The standard InChI is InChI=1S/C36H38N6O5/c1-25-8-5-9-26(20-25)23-38-41-35(44)36(22-29-10-3-4-11-30(29)24-39-42-37)33(28-12-6-13-32(21-28)45-2)47-34(40-36)27-14-16-31(17-15-27)46-19-7-18-43/h3-6,8-17,20-21,33,38,43H,7,18-19,22-24H2,1-2H3,(H,41,44)/t33-,36-/m0/s1. The van der Waals surface area contributed by atoms with E-state index in [2.05, 4.69) is 20.9 Å². The molecule has 47 heavy (non-hydrogen) atoms. The average molecular weight is 635 g/mol. The molecule has 0 saturated carbocycles. The Kier molecular flexibility index (Phi) is 11.1. The number of aliphatic imine (C=N–C) groups is 1. The molecule has 1 amide bonds. The van der Waals surface area contributed by atoms with Gasteiger partial charge in [0, 0.05) is 36.5 Å². The number of nitrogens with one attached hydrogen (secondary N) is 2. The highest BCUT2D eigenvalue weighted by molar-refractivity contribution is 6.01. The number of carbonyl (C=O) groups is 1. The van der Waals surface area contributed by atoms with E-state index in [0.717, 1.165) is 22.3 Å². The Morgan fingerprint density at radius 2 is 1.81 bits per heavy atom. The highest BCUT2D eigenvalue weighted by Crippen LogP contribution is 2.43. The summed E-state index contributed by atoms with van der Waals surface area (Å²) in [6.45, 7) is 2.97. The molecule has 1 aliphatic heterocycles. The highest BCUT2D eigenvalue weighted by atomic mass is 16.5. The van der Waals surface area contributed by atoms with Gasteiger partial charge in [-0.2, -0.15) is 0 Å². The summed E-state index contributed by atoms with van der Waals surface area (Å²) in [7, 11) is 1.59. The van der Waals surface area contributed by atoms with Gasteiger partial charge in [0.2, 0.25) is 5.90 Å². The molecule has 242 valence electrons. The molecule has 3 N–H and O–H groups in total. The van der Waals surface area contributed by atoms with Crippen molar-refractivity contribution < 1.29 is 24.1 Å². The van der Waals surface area contributed by atoms with Crippen LogP contribution in [-0.2, 0) is 29.0 Å². The molecular weight excluding hydrogens is 596 g/mol. The number of hydrogen-bond acceptors (Lipinski definition) is 8. The van der Waals surface area contributed by atoms with Gasteiger partial charge in [-0.1, -0.05) is 71.3 Å². The summed E-state index contributed by atoms with van der Waals surface area (Å²) >= 11 is 0. The van der Waals surface area contributed by atoms with Gasteiger partial charge in [0.1, 0.15) is 11.5 Å². The molecule has 0 fully saturated rings. The van der Waals surface area contributed by atoms with Crippen molar-refractivity contribution >= 4 is 11.8 Å². The van der Waals surface area contributed by atoms with Crippen molar-refractivity contribution in [2.45, 2.75) is 44.5 Å². The summed E-state index contributed by atoms with van der Waals surface area (Å²) < 4.78 is 17.9. The van der Waals surface area contributed by atoms with Crippen LogP contribution in [0.2, 0.25) is 0 Å². The van der Waals surface area contributed by atoms with Crippen molar-refractivity contribution in [3.8, 4) is 11.5 Å². The van der Waals surface area contributed by atoms with E-state index in [1.165, 1.54) is 0 Å². The third kappa shape index (κ3) is 8.09. The lowest BCUT2D eigenvalue weighted by Gasteiger charge is -2.31. The first-order valence-electron chi connectivity index (χ1n) is 15.4. The minimum absolute atomic E-state index is 0.0460. The van der Waals surface area contributed by atoms with E-state index in [1.807, 2.05) is 91.9 Å². The van der Waals surface area contributed by atoms with E-state index < -0.39 is 17.6 Å². The molecule has 5 rings (SSSR count). The third-order valence-electron chi connectivity index (χ3n) is 7.89. The number of amides is 1. The summed E-state index contributed by atoms with van der Waals surface area (Å²) in [5, 5.41) is 12.9. The molecule has 0 aliphatic carbocycles. The van der Waals surface area contributed by atoms with Crippen LogP contribution in [0.4, 0.5) is 0 Å². The smallest absolute Gasteiger partial charge is 0.266 e. The fraction of sp³-hybridized carbons (Fsp3) is 0.278. The van der Waals surface area contributed by atoms with Crippen LogP contribution in [0.1, 0.15) is 45.9 Å². The van der Waals surface area contributed by atoms with Gasteiger partial charge in [-0.25, -0.2) is 10.4 Å². The van der Waals surface area contributed by atoms with Crippen LogP contribution in [0.25, 0.3) is 10.4 Å². The van der Waals surface area contributed by atoms with Crippen LogP contribution in [0.5, 0.6) is 11.5 Å². The molecule has 2 atom stereocenters. The molecule has 0 spiro atoms. The number of aliphatic hydroxyl groups is 1. The molecule has 11 heteroatoms. The van der Waals surface area contributed by atoms with Gasteiger partial charge in [0.25, 0.3) is 5.91 Å². The van der Waals surface area contributed by atoms with Crippen LogP contribution in [0.3, 0.4) is 0 Å². The van der Waals surface area contributed by atoms with E-state index in [0.29, 0.717) is 48.1 Å². The molecule has 0 unspecified atom stereocenters. The molecule has 11 nitrogen and oxygen atoms in total. The Labute approximate surface area is 273 Å². The number of ether oxygens (including phenoxy) is 3. The maximum atomic E-state index is 14.6. The van der Waals surface area contributed by atoms with E-state index in [1.54, 1.807) is 19.2 Å². The number of rotatable bonds is 15. The van der Waals surface area contributed by atoms with Gasteiger partial charge in [-0.05, 0) is 71.1 Å². The first kappa shape index (κ1) is 33.0. The topological polar surface area (TPSA) is 150 Å². The molecule has 1 heterocycles. The molecule has 0 bridgehead atoms. The fourth-order valence-electron chi connectivity index (χ4n) is 5.53. The van der Waals surface area contributed by atoms with Crippen LogP contribution < -0.4 is 20.3 Å². The highest BCUT2D eigenvalue weighted by Gasteiger charge is 2.53. The van der Waals surface area contributed by atoms with Crippen LogP contribution >= 0.6 is 0 Å². The number of benzene rings is 4. The van der Waals surface area contributed by atoms with Crippen LogP contribution in [0.15, 0.2) is 107 Å². The summed E-state index contributed by atoms with van der Waals surface area (Å²) in [4.78, 5) is 22.6. The first-order chi connectivity index (χ1) is 23.0. The minimum atomic E-state index is -1.48. The molecule has 1 aliphatic rings. The summed E-state index contributed by atoms with van der Waals surface area (Å²) in [6.07, 6.45) is -0.173. The van der Waals surface area contributed by atoms with E-state index >= 15 is 0 Å². The molecule has 0 aromatic heterocycles. The van der Waals surface area contributed by atoms with Crippen molar-refractivity contribution in [1.82, 2.24) is 10.9 Å². The molecule has 0 saturated heterocycles. The zero-order valence-corrected chi connectivity index (χ0v) is 26.4. The third-order valence-corrected chi connectivity index (χ3v) is 7.89. The monoisotopic (exact) mass is 634 g/mol. The van der Waals surface area contributed by atoms with Crippen molar-refractivity contribution in [2.75, 3.05) is 20.3 Å². The van der Waals surface area contributed by atoms with Crippen molar-refractivity contribution in [2.24, 2.45) is 10.1 Å². The Bertz CT molecular complexity index is 1750. The maximum absolute atomic E-state index is 14.6. The number of azide groups is 1. The van der Waals surface area contributed by atoms with E-state index in [9.17, 15) is 4.79 Å². The number of methoxy groups -OCH3 is 1. The maximum Gasteiger partial charge on any atom is 0.266 e. The predicted octanol–water partition coefficient (Wildman–Crippen LogP) is 5.90. The second-order valence-electron chi connectivity index (χ2n) is 11.2. The minimum Gasteiger partial charge on any atom is -0.497 e. The van der Waals surface area contributed by atoms with Gasteiger partial charge >= 0.3 is 0 Å². The Hall–Kier alpha value is -5.35. The number of aliphatic hydroxyl groups excluding tert-OH is 1. The number of carbonyl (C=O) groups excluding carboxylic acids is 1. The number of aryl methyl sites for hydroxylation is 1. The number of hydrogen-bond donors (Lipinski definition) is 3. The number of nitrogens with zero attached hydrogens (tertiary/aromatic N) is 4. The van der Waals surface area contributed by atoms with Crippen LogP contribution in [0, 0.1) is 6.92 Å². The normalized spacial score (nSPS) is 16.8. The lowest BCUT2D eigenvalue weighted by Crippen LogP contribution is -2.53. The molecule has 0 radical (unpaired) electrons. The quantitative estimate of drug-likeness (QED) is 0.0488. The Balaban J connectivity index is 1.57. The van der Waals surface area contributed by atoms with Gasteiger partial charge in [0.05, 0.1) is 20.3 Å². The largest absolute Gasteiger partial charge is 0.497 e. The Morgan fingerprint density at radius 3 is 2.55 bits per heavy atom. The SMILES string of the molecule is COc1cccc([C@@H]2OC(c3ccc(OCCCO)cc3)=N[C@]2(Cc2ccccc2CN=[N+]=[N-])C(=O)NNCc2cccc(C)c2)c1. The van der Waals surface area contributed by atoms with Crippen molar-refractivity contribution in [3.63, 3.8) is 0 Å². The zero-order chi connectivity index (χ0) is 33.1. The molecule has 4 aromatic rings. The summed E-state index contributed by atoms with van der Waals surface area (Å²) in [6, 6.07) is 30.2. The molecule has 4 aromatic carbocycles. The van der Waals surface area contributed by atoms with Gasteiger partial charge in [-0.15, -0.1) is 0 Å². The lowest BCUT2D eigenvalue weighted by atomic mass is 9.81. The summed E-state index contributed by atoms with van der Waals surface area (Å²) in [5.41, 5.74) is 18.6. The van der Waals surface area contributed by atoms with E-state index in [4.69, 9.17) is 29.8 Å². The van der Waals surface area contributed by atoms with Gasteiger partial charge in [0.15, 0.2) is 11.6 Å². The van der Waals surface area contributed by atoms with Crippen molar-refractivity contribution in [1.29, 1.82) is 0 Å². The molecular formula is C36H38N6O5. The average Bonchev–Trinajstić information content (AvgIpc) is 3.49. The Morgan fingerprint density at radius 1 is 1.02 bits per heavy atom. The fourth-order valence-corrected chi connectivity index (χ4v) is 5.53. The van der Waals surface area contributed by atoms with Gasteiger partial charge in [-0.3, -0.25) is 10.2 Å². The lowest BCUT2D eigenvalue weighted by molar-refractivity contribution is -0.130. The van der Waals surface area contributed by atoms with Crippen molar-refractivity contribution in [3.05, 3.63) is 141 Å². The zero-order valence-electron chi connectivity index (χ0n) is 26.4.